The van der Waals surface area contributed by atoms with E-state index in [2.05, 4.69) is 39.8 Å². The summed E-state index contributed by atoms with van der Waals surface area (Å²) >= 11 is 0. The van der Waals surface area contributed by atoms with Gasteiger partial charge in [-0.1, -0.05) is 33.8 Å². The predicted molar refractivity (Wildman–Crippen MR) is 169 cm³/mol. The van der Waals surface area contributed by atoms with Gasteiger partial charge < -0.3 is 18.9 Å². The Hall–Kier alpha value is -3.28. The van der Waals surface area contributed by atoms with E-state index in [0.717, 1.165) is 60.3 Å². The van der Waals surface area contributed by atoms with E-state index in [1.165, 1.54) is 17.2 Å². The third-order valence-electron chi connectivity index (χ3n) is 7.87. The third-order valence-corrected chi connectivity index (χ3v) is 7.87. The summed E-state index contributed by atoms with van der Waals surface area (Å²) in [6.45, 7) is 17.6. The van der Waals surface area contributed by atoms with Crippen molar-refractivity contribution < 1.29 is 28.5 Å². The van der Waals surface area contributed by atoms with E-state index < -0.39 is 5.60 Å². The maximum absolute atomic E-state index is 12.1. The molecule has 0 unspecified atom stereocenters. The van der Waals surface area contributed by atoms with Gasteiger partial charge in [-0.25, -0.2) is 4.79 Å². The van der Waals surface area contributed by atoms with E-state index in [4.69, 9.17) is 18.9 Å². The Kier molecular flexibility index (Phi) is 10.9. The highest BCUT2D eigenvalue weighted by molar-refractivity contribution is 5.88. The summed E-state index contributed by atoms with van der Waals surface area (Å²) in [7, 11) is 1.67. The van der Waals surface area contributed by atoms with Crippen molar-refractivity contribution in [3.63, 3.8) is 0 Å². The maximum Gasteiger partial charge on any atom is 0.330 e. The first-order chi connectivity index (χ1) is 19.7. The van der Waals surface area contributed by atoms with Crippen LogP contribution in [0.5, 0.6) is 11.5 Å². The predicted octanol–water partition coefficient (Wildman–Crippen LogP) is 8.57. The topological polar surface area (TPSA) is 71.1 Å². The summed E-state index contributed by atoms with van der Waals surface area (Å²) in [4.78, 5) is 24.0. The molecule has 0 bridgehead atoms. The van der Waals surface area contributed by atoms with Crippen LogP contribution >= 0.6 is 0 Å². The summed E-state index contributed by atoms with van der Waals surface area (Å²) in [6, 6.07) is 10.4. The van der Waals surface area contributed by atoms with E-state index >= 15 is 0 Å². The summed E-state index contributed by atoms with van der Waals surface area (Å²) < 4.78 is 22.8. The fourth-order valence-corrected chi connectivity index (χ4v) is 5.44. The molecule has 1 aliphatic carbocycles. The number of carbonyl (C=O) groups is 2. The number of unbranched alkanes of at least 4 members (excludes halogenated alkanes) is 2. The lowest BCUT2D eigenvalue weighted by atomic mass is 9.62. The van der Waals surface area contributed by atoms with Crippen molar-refractivity contribution in [1.82, 2.24) is 0 Å². The molecule has 42 heavy (non-hydrogen) atoms. The van der Waals surface area contributed by atoms with E-state index in [0.29, 0.717) is 19.6 Å². The average Bonchev–Trinajstić information content (AvgIpc) is 2.91. The number of benzene rings is 2. The molecule has 1 aliphatic rings. The second-order valence-corrected chi connectivity index (χ2v) is 13.5. The van der Waals surface area contributed by atoms with Crippen molar-refractivity contribution >= 4 is 18.0 Å². The highest BCUT2D eigenvalue weighted by Crippen LogP contribution is 2.50. The first-order valence-corrected chi connectivity index (χ1v) is 15.2. The Morgan fingerprint density at radius 3 is 2.14 bits per heavy atom. The number of hydrogen-bond acceptors (Lipinski definition) is 6. The van der Waals surface area contributed by atoms with Crippen LogP contribution in [0.2, 0.25) is 0 Å². The minimum absolute atomic E-state index is 0.0223. The second kappa shape index (κ2) is 13.8. The molecule has 0 aromatic heterocycles. The van der Waals surface area contributed by atoms with E-state index in [1.807, 2.05) is 39.0 Å². The molecule has 2 aromatic rings. The van der Waals surface area contributed by atoms with Crippen LogP contribution in [0, 0.1) is 0 Å². The van der Waals surface area contributed by atoms with Crippen LogP contribution in [0.3, 0.4) is 0 Å². The molecule has 0 fully saturated rings. The van der Waals surface area contributed by atoms with E-state index in [-0.39, 0.29) is 22.8 Å². The molecule has 0 atom stereocenters. The van der Waals surface area contributed by atoms with Gasteiger partial charge in [0.25, 0.3) is 0 Å². The Balaban J connectivity index is 1.93. The molecule has 6 heteroatoms. The lowest BCUT2D eigenvalue weighted by Gasteiger charge is -2.42. The minimum Gasteiger partial charge on any atom is -0.496 e. The number of fused-ring (bicyclic) bond motifs is 1. The smallest absolute Gasteiger partial charge is 0.330 e. The molecule has 230 valence electrons. The molecule has 3 rings (SSSR count). The largest absolute Gasteiger partial charge is 0.496 e. The first-order valence-electron chi connectivity index (χ1n) is 15.2. The number of ether oxygens (including phenoxy) is 4. The Bertz CT molecular complexity index is 1280. The average molecular weight is 579 g/mol. The van der Waals surface area contributed by atoms with Crippen LogP contribution < -0.4 is 9.47 Å². The molecule has 0 radical (unpaired) electrons. The van der Waals surface area contributed by atoms with Crippen LogP contribution in [0.1, 0.15) is 111 Å². The number of methoxy groups -OCH3 is 1. The number of rotatable bonds is 12. The standard InChI is InChI=1S/C36H50O6/c1-10-40-32(37)18-16-25-15-17-30(39-9)26(22-25)27-23-28-29(36(7,8)20-19-35(28,5)6)24-31(27)41-21-13-11-12-14-33(38)42-34(2,3)4/h15-18,22-24H,10-14,19-21H2,1-9H3. The number of carbonyl (C=O) groups excluding carboxylic acids is 2. The zero-order chi connectivity index (χ0) is 31.1. The van der Waals surface area contributed by atoms with Crippen molar-refractivity contribution in [3.05, 3.63) is 53.1 Å². The monoisotopic (exact) mass is 578 g/mol. The van der Waals surface area contributed by atoms with Crippen LogP contribution in [0.15, 0.2) is 36.4 Å². The van der Waals surface area contributed by atoms with Crippen LogP contribution in [0.25, 0.3) is 17.2 Å². The molecule has 0 heterocycles. The first kappa shape index (κ1) is 33.2. The van der Waals surface area contributed by atoms with E-state index in [9.17, 15) is 9.59 Å². The molecule has 6 nitrogen and oxygen atoms in total. The van der Waals surface area contributed by atoms with Gasteiger partial charge >= 0.3 is 11.9 Å². The summed E-state index contributed by atoms with van der Waals surface area (Å²) in [5.74, 6) is 1.02. The van der Waals surface area contributed by atoms with Crippen LogP contribution in [-0.2, 0) is 29.9 Å². The zero-order valence-corrected chi connectivity index (χ0v) is 27.1. The highest BCUT2D eigenvalue weighted by Gasteiger charge is 2.38. The second-order valence-electron chi connectivity index (χ2n) is 13.5. The van der Waals surface area contributed by atoms with Gasteiger partial charge in [-0.05, 0) is 118 Å². The van der Waals surface area contributed by atoms with Crippen LogP contribution in [-0.4, -0.2) is 37.9 Å². The lowest BCUT2D eigenvalue weighted by molar-refractivity contribution is -0.155. The highest BCUT2D eigenvalue weighted by atomic mass is 16.6. The van der Waals surface area contributed by atoms with Gasteiger partial charge in [0.2, 0.25) is 0 Å². The number of hydrogen-bond donors (Lipinski definition) is 0. The Morgan fingerprint density at radius 1 is 0.881 bits per heavy atom. The quantitative estimate of drug-likeness (QED) is 0.143. The molecule has 0 N–H and O–H groups in total. The van der Waals surface area contributed by atoms with Gasteiger partial charge in [-0.3, -0.25) is 4.79 Å². The Morgan fingerprint density at radius 2 is 1.52 bits per heavy atom. The van der Waals surface area contributed by atoms with Gasteiger partial charge in [-0.15, -0.1) is 0 Å². The fourth-order valence-electron chi connectivity index (χ4n) is 5.44. The normalized spacial score (nSPS) is 15.6. The van der Waals surface area contributed by atoms with Gasteiger partial charge in [0.15, 0.2) is 0 Å². The number of esters is 2. The SMILES string of the molecule is CCOC(=O)C=Cc1ccc(OC)c(-c2cc3c(cc2OCCCCCC(=O)OC(C)(C)C)C(C)(C)CCC3(C)C)c1. The van der Waals surface area contributed by atoms with Gasteiger partial charge in [-0.2, -0.15) is 0 Å². The van der Waals surface area contributed by atoms with Crippen molar-refractivity contribution in [2.24, 2.45) is 0 Å². The summed E-state index contributed by atoms with van der Waals surface area (Å²) in [6.07, 6.45) is 8.29. The summed E-state index contributed by atoms with van der Waals surface area (Å²) in [5.41, 5.74) is 4.98. The van der Waals surface area contributed by atoms with Crippen molar-refractivity contribution in [3.8, 4) is 22.6 Å². The maximum atomic E-state index is 12.1. The molecular formula is C36H50O6. The van der Waals surface area contributed by atoms with Crippen LogP contribution in [0.4, 0.5) is 0 Å². The Labute approximate surface area is 252 Å². The molecular weight excluding hydrogens is 528 g/mol. The zero-order valence-electron chi connectivity index (χ0n) is 27.1. The van der Waals surface area contributed by atoms with Gasteiger partial charge in [0.1, 0.15) is 17.1 Å². The van der Waals surface area contributed by atoms with Crippen molar-refractivity contribution in [2.45, 2.75) is 110 Å². The fraction of sp³-hybridized carbons (Fsp3) is 0.556. The molecule has 2 aromatic carbocycles. The van der Waals surface area contributed by atoms with Crippen molar-refractivity contribution in [1.29, 1.82) is 0 Å². The van der Waals surface area contributed by atoms with E-state index in [1.54, 1.807) is 20.1 Å². The molecule has 0 spiro atoms. The van der Waals surface area contributed by atoms with Gasteiger partial charge in [0, 0.05) is 23.6 Å². The third kappa shape index (κ3) is 8.86. The molecule has 0 saturated carbocycles. The molecule has 0 amide bonds. The molecule has 0 aliphatic heterocycles. The summed E-state index contributed by atoms with van der Waals surface area (Å²) in [5, 5.41) is 0. The molecule has 0 saturated heterocycles. The minimum atomic E-state index is -0.460. The van der Waals surface area contributed by atoms with Gasteiger partial charge in [0.05, 0.1) is 20.3 Å². The lowest BCUT2D eigenvalue weighted by Crippen LogP contribution is -2.34. The van der Waals surface area contributed by atoms with Crippen molar-refractivity contribution in [2.75, 3.05) is 20.3 Å².